The standard InChI is InChI=1S/C15H23N3O3S2/c1-23(19,20)12-4-2-11(3-5-12)13-8-16-9-15(18-13)22-10-14-17-6-7-21-14/h2-5,13-18H,6-10H2,1H3. The Morgan fingerprint density at radius 2 is 2.04 bits per heavy atom. The fraction of sp³-hybridized carbons (Fsp3) is 0.600. The van der Waals surface area contributed by atoms with E-state index in [9.17, 15) is 8.42 Å². The molecule has 2 aliphatic rings. The first-order valence-corrected chi connectivity index (χ1v) is 10.7. The van der Waals surface area contributed by atoms with Gasteiger partial charge in [-0.15, -0.1) is 11.8 Å². The number of benzene rings is 1. The zero-order valence-corrected chi connectivity index (χ0v) is 14.8. The Kier molecular flexibility index (Phi) is 5.61. The average molecular weight is 358 g/mol. The Hall–Kier alpha value is -0.640. The molecule has 2 heterocycles. The van der Waals surface area contributed by atoms with E-state index in [2.05, 4.69) is 16.0 Å². The van der Waals surface area contributed by atoms with Crippen LogP contribution in [-0.2, 0) is 14.6 Å². The van der Waals surface area contributed by atoms with Crippen molar-refractivity contribution in [2.24, 2.45) is 0 Å². The number of sulfone groups is 1. The summed E-state index contributed by atoms with van der Waals surface area (Å²) in [6.45, 7) is 3.47. The molecule has 23 heavy (non-hydrogen) atoms. The Morgan fingerprint density at radius 3 is 2.70 bits per heavy atom. The fourth-order valence-corrected chi connectivity index (χ4v) is 4.51. The van der Waals surface area contributed by atoms with Gasteiger partial charge in [0.2, 0.25) is 0 Å². The fourth-order valence-electron chi connectivity index (χ4n) is 2.76. The molecule has 2 fully saturated rings. The number of rotatable bonds is 5. The molecule has 2 saturated heterocycles. The number of nitrogens with one attached hydrogen (secondary N) is 3. The number of ether oxygens (including phenoxy) is 1. The molecule has 1 aromatic carbocycles. The van der Waals surface area contributed by atoms with Gasteiger partial charge in [0.25, 0.3) is 0 Å². The Labute approximate surface area is 141 Å². The van der Waals surface area contributed by atoms with Crippen molar-refractivity contribution in [3.8, 4) is 0 Å². The molecular weight excluding hydrogens is 334 g/mol. The molecule has 0 amide bonds. The summed E-state index contributed by atoms with van der Waals surface area (Å²) in [6, 6.07) is 7.33. The van der Waals surface area contributed by atoms with Crippen LogP contribution < -0.4 is 16.0 Å². The van der Waals surface area contributed by atoms with Crippen LogP contribution in [-0.4, -0.2) is 58.3 Å². The molecule has 3 atom stereocenters. The molecule has 0 spiro atoms. The van der Waals surface area contributed by atoms with Crippen molar-refractivity contribution >= 4 is 21.6 Å². The highest BCUT2D eigenvalue weighted by Gasteiger charge is 2.24. The lowest BCUT2D eigenvalue weighted by molar-refractivity contribution is 0.120. The third-order valence-corrected chi connectivity index (χ3v) is 6.35. The van der Waals surface area contributed by atoms with E-state index in [1.165, 1.54) is 6.26 Å². The Balaban J connectivity index is 1.57. The second kappa shape index (κ2) is 7.50. The van der Waals surface area contributed by atoms with Gasteiger partial charge in [0, 0.05) is 37.7 Å². The SMILES string of the molecule is CS(=O)(=O)c1ccc(C2CNCC(SCC3NCCO3)N2)cc1. The molecule has 0 saturated carbocycles. The average Bonchev–Trinajstić information content (AvgIpc) is 3.06. The van der Waals surface area contributed by atoms with Crippen LogP contribution >= 0.6 is 11.8 Å². The number of piperazine rings is 1. The number of hydrogen-bond acceptors (Lipinski definition) is 7. The highest BCUT2D eigenvalue weighted by atomic mass is 32.2. The third-order valence-electron chi connectivity index (χ3n) is 4.02. The van der Waals surface area contributed by atoms with E-state index in [1.54, 1.807) is 12.1 Å². The second-order valence-corrected chi connectivity index (χ2v) is 9.11. The Morgan fingerprint density at radius 1 is 1.26 bits per heavy atom. The predicted octanol–water partition coefficient (Wildman–Crippen LogP) is 0.329. The molecule has 0 aliphatic carbocycles. The van der Waals surface area contributed by atoms with Crippen LogP contribution in [0.5, 0.6) is 0 Å². The first kappa shape index (κ1) is 17.2. The Bertz CT molecular complexity index is 615. The minimum absolute atomic E-state index is 0.149. The van der Waals surface area contributed by atoms with E-state index in [1.807, 2.05) is 23.9 Å². The molecule has 128 valence electrons. The first-order chi connectivity index (χ1) is 11.0. The van der Waals surface area contributed by atoms with E-state index < -0.39 is 9.84 Å². The highest BCUT2D eigenvalue weighted by molar-refractivity contribution is 7.99. The van der Waals surface area contributed by atoms with Crippen LogP contribution in [0.3, 0.4) is 0 Å². The molecule has 8 heteroatoms. The van der Waals surface area contributed by atoms with Gasteiger partial charge in [-0.2, -0.15) is 0 Å². The molecule has 6 nitrogen and oxygen atoms in total. The van der Waals surface area contributed by atoms with Crippen LogP contribution in [0.25, 0.3) is 0 Å². The third kappa shape index (κ3) is 4.68. The van der Waals surface area contributed by atoms with Crippen LogP contribution in [0.2, 0.25) is 0 Å². The quantitative estimate of drug-likeness (QED) is 0.701. The maximum absolute atomic E-state index is 11.5. The van der Waals surface area contributed by atoms with Crippen molar-refractivity contribution in [2.45, 2.75) is 22.5 Å². The van der Waals surface area contributed by atoms with E-state index in [4.69, 9.17) is 4.74 Å². The summed E-state index contributed by atoms with van der Waals surface area (Å²) in [4.78, 5) is 0.361. The van der Waals surface area contributed by atoms with E-state index in [-0.39, 0.29) is 12.3 Å². The minimum Gasteiger partial charge on any atom is -0.361 e. The van der Waals surface area contributed by atoms with Gasteiger partial charge in [-0.3, -0.25) is 10.6 Å². The summed E-state index contributed by atoms with van der Waals surface area (Å²) in [5.41, 5.74) is 1.10. The second-order valence-electron chi connectivity index (χ2n) is 5.85. The van der Waals surface area contributed by atoms with Crippen molar-refractivity contribution in [2.75, 3.05) is 38.2 Å². The van der Waals surface area contributed by atoms with Gasteiger partial charge >= 0.3 is 0 Å². The van der Waals surface area contributed by atoms with Crippen molar-refractivity contribution < 1.29 is 13.2 Å². The number of hydrogen-bond donors (Lipinski definition) is 3. The molecule has 3 unspecified atom stereocenters. The van der Waals surface area contributed by atoms with Crippen molar-refractivity contribution in [1.82, 2.24) is 16.0 Å². The van der Waals surface area contributed by atoms with Crippen molar-refractivity contribution in [3.05, 3.63) is 29.8 Å². The van der Waals surface area contributed by atoms with Gasteiger partial charge in [0.1, 0.15) is 6.23 Å². The lowest BCUT2D eigenvalue weighted by Crippen LogP contribution is -2.49. The van der Waals surface area contributed by atoms with E-state index in [0.29, 0.717) is 10.3 Å². The monoisotopic (exact) mass is 357 g/mol. The zero-order valence-electron chi connectivity index (χ0n) is 13.1. The zero-order chi connectivity index (χ0) is 16.3. The maximum Gasteiger partial charge on any atom is 0.175 e. The lowest BCUT2D eigenvalue weighted by atomic mass is 10.1. The van der Waals surface area contributed by atoms with Gasteiger partial charge < -0.3 is 10.1 Å². The number of thioether (sulfide) groups is 1. The van der Waals surface area contributed by atoms with Crippen molar-refractivity contribution in [1.29, 1.82) is 0 Å². The summed E-state index contributed by atoms with van der Waals surface area (Å²) in [5.74, 6) is 0.916. The topological polar surface area (TPSA) is 79.5 Å². The molecule has 3 N–H and O–H groups in total. The summed E-state index contributed by atoms with van der Waals surface area (Å²) in [5, 5.41) is 10.7. The van der Waals surface area contributed by atoms with E-state index >= 15 is 0 Å². The van der Waals surface area contributed by atoms with E-state index in [0.717, 1.165) is 37.6 Å². The van der Waals surface area contributed by atoms with Gasteiger partial charge in [-0.1, -0.05) is 12.1 Å². The van der Waals surface area contributed by atoms with Gasteiger partial charge in [-0.05, 0) is 17.7 Å². The normalized spacial score (nSPS) is 28.8. The van der Waals surface area contributed by atoms with Crippen LogP contribution in [0.15, 0.2) is 29.2 Å². The first-order valence-electron chi connectivity index (χ1n) is 7.76. The predicted molar refractivity (Wildman–Crippen MR) is 92.3 cm³/mol. The molecule has 0 radical (unpaired) electrons. The smallest absolute Gasteiger partial charge is 0.175 e. The summed E-state index contributed by atoms with van der Waals surface area (Å²) in [7, 11) is -3.14. The largest absolute Gasteiger partial charge is 0.361 e. The van der Waals surface area contributed by atoms with Crippen LogP contribution in [0.1, 0.15) is 11.6 Å². The molecule has 0 aromatic heterocycles. The summed E-state index contributed by atoms with van der Waals surface area (Å²) >= 11 is 1.84. The van der Waals surface area contributed by atoms with Crippen LogP contribution in [0.4, 0.5) is 0 Å². The molecule has 2 aliphatic heterocycles. The van der Waals surface area contributed by atoms with Gasteiger partial charge in [0.05, 0.1) is 16.9 Å². The highest BCUT2D eigenvalue weighted by Crippen LogP contribution is 2.22. The summed E-state index contributed by atoms with van der Waals surface area (Å²) < 4.78 is 28.6. The van der Waals surface area contributed by atoms with Gasteiger partial charge in [0.15, 0.2) is 9.84 Å². The minimum atomic E-state index is -3.14. The molecular formula is C15H23N3O3S2. The summed E-state index contributed by atoms with van der Waals surface area (Å²) in [6.07, 6.45) is 1.38. The molecule has 1 aromatic rings. The van der Waals surface area contributed by atoms with Crippen molar-refractivity contribution in [3.63, 3.8) is 0 Å². The lowest BCUT2D eigenvalue weighted by Gasteiger charge is -2.32. The molecule has 3 rings (SSSR count). The molecule has 0 bridgehead atoms. The maximum atomic E-state index is 11.5. The van der Waals surface area contributed by atoms with Crippen LogP contribution in [0, 0.1) is 0 Å². The van der Waals surface area contributed by atoms with Gasteiger partial charge in [-0.25, -0.2) is 8.42 Å².